The summed E-state index contributed by atoms with van der Waals surface area (Å²) in [5, 5.41) is 18.7. The molecule has 0 saturated heterocycles. The highest BCUT2D eigenvalue weighted by molar-refractivity contribution is 7.07. The predicted molar refractivity (Wildman–Crippen MR) is 83.4 cm³/mol. The van der Waals surface area contributed by atoms with Crippen LogP contribution in [0.5, 0.6) is 5.75 Å². The van der Waals surface area contributed by atoms with Gasteiger partial charge >= 0.3 is 0 Å². The van der Waals surface area contributed by atoms with Gasteiger partial charge < -0.3 is 5.11 Å². The summed E-state index contributed by atoms with van der Waals surface area (Å²) in [5.74, 6) is -0.162. The molecule has 0 aliphatic heterocycles. The maximum absolute atomic E-state index is 9.53. The lowest BCUT2D eigenvalue weighted by molar-refractivity contribution is 0.476. The summed E-state index contributed by atoms with van der Waals surface area (Å²) < 4.78 is 1.17. The number of aromatic nitrogens is 1. The third kappa shape index (κ3) is 3.17. The first-order valence-corrected chi connectivity index (χ1v) is 7.18. The van der Waals surface area contributed by atoms with E-state index >= 15 is 0 Å². The molecule has 0 unspecified atom stereocenters. The number of aromatic hydroxyl groups is 1. The topological polar surface area (TPSA) is 61.3 Å². The number of thiazole rings is 1. The SMILES string of the molecule is [C-]#[N+]/C(C#N)=c1\nc(C)/c(=C/c2cc(Cl)c(O)c(Cl)c2)s1. The van der Waals surface area contributed by atoms with Crippen molar-refractivity contribution in [2.45, 2.75) is 6.92 Å². The Bertz CT molecular complexity index is 880. The lowest BCUT2D eigenvalue weighted by atomic mass is 10.2. The molecule has 1 N–H and O–H groups in total. The molecule has 0 atom stereocenters. The molecule has 1 heterocycles. The van der Waals surface area contributed by atoms with Crippen molar-refractivity contribution in [1.29, 1.82) is 5.26 Å². The highest BCUT2D eigenvalue weighted by atomic mass is 35.5. The highest BCUT2D eigenvalue weighted by Crippen LogP contribution is 2.32. The number of hydrogen-bond donors (Lipinski definition) is 1. The number of phenolic OH excluding ortho intramolecular Hbond substituents is 1. The third-order valence-corrected chi connectivity index (χ3v) is 4.28. The third-order valence-electron chi connectivity index (χ3n) is 2.59. The molecule has 1 aromatic carbocycles. The van der Waals surface area contributed by atoms with Gasteiger partial charge in [0.05, 0.1) is 28.4 Å². The number of benzene rings is 1. The summed E-state index contributed by atoms with van der Waals surface area (Å²) in [4.78, 5) is 7.35. The second-order valence-electron chi connectivity index (χ2n) is 4.02. The van der Waals surface area contributed by atoms with E-state index in [1.165, 1.54) is 11.3 Å². The smallest absolute Gasteiger partial charge is 0.296 e. The number of phenols is 1. The minimum absolute atomic E-state index is 0.0375. The molecular formula is C14H7Cl2N3OS. The Kier molecular flexibility index (Phi) is 4.50. The summed E-state index contributed by atoms with van der Waals surface area (Å²) in [7, 11) is 0. The molecule has 4 nitrogen and oxygen atoms in total. The maximum Gasteiger partial charge on any atom is 0.296 e. The molecule has 0 amide bonds. The summed E-state index contributed by atoms with van der Waals surface area (Å²) in [6.07, 6.45) is 1.78. The Morgan fingerprint density at radius 2 is 2.10 bits per heavy atom. The average molecular weight is 336 g/mol. The quantitative estimate of drug-likeness (QED) is 0.815. The Morgan fingerprint density at radius 3 is 2.62 bits per heavy atom. The molecule has 2 rings (SSSR count). The lowest BCUT2D eigenvalue weighted by Gasteiger charge is -2.01. The number of rotatable bonds is 1. The summed E-state index contributed by atoms with van der Waals surface area (Å²) in [6, 6.07) is 4.97. The van der Waals surface area contributed by atoms with E-state index in [2.05, 4.69) is 9.83 Å². The second-order valence-corrected chi connectivity index (χ2v) is 5.86. The number of halogens is 2. The summed E-state index contributed by atoms with van der Waals surface area (Å²) >= 11 is 13.0. The Hall–Kier alpha value is -2.05. The van der Waals surface area contributed by atoms with Crippen molar-refractivity contribution in [1.82, 2.24) is 4.98 Å². The van der Waals surface area contributed by atoms with Crippen LogP contribution >= 0.6 is 34.5 Å². The van der Waals surface area contributed by atoms with Crippen LogP contribution in [0, 0.1) is 24.8 Å². The van der Waals surface area contributed by atoms with Crippen LogP contribution in [-0.4, -0.2) is 10.1 Å². The highest BCUT2D eigenvalue weighted by Gasteiger charge is 2.06. The van der Waals surface area contributed by atoms with Crippen LogP contribution in [0.3, 0.4) is 0 Å². The standard InChI is InChI=1S/C14H7Cl2N3OS/c1-7-12(21-14(19-7)11(6-17)18-2)5-8-3-9(15)13(20)10(16)4-8/h3-5,20H,1H3/b12-5-,14-11+. The van der Waals surface area contributed by atoms with Gasteiger partial charge in [0.1, 0.15) is 4.66 Å². The van der Waals surface area contributed by atoms with E-state index in [1.807, 2.05) is 6.07 Å². The Morgan fingerprint density at radius 1 is 1.48 bits per heavy atom. The molecular weight excluding hydrogens is 329 g/mol. The first-order valence-electron chi connectivity index (χ1n) is 5.61. The van der Waals surface area contributed by atoms with Gasteiger partial charge in [0.15, 0.2) is 5.75 Å². The van der Waals surface area contributed by atoms with E-state index in [1.54, 1.807) is 25.1 Å². The lowest BCUT2D eigenvalue weighted by Crippen LogP contribution is -2.00. The van der Waals surface area contributed by atoms with E-state index < -0.39 is 0 Å². The monoisotopic (exact) mass is 335 g/mol. The number of nitrogens with zero attached hydrogens (tertiary/aromatic N) is 3. The van der Waals surface area contributed by atoms with Crippen molar-refractivity contribution in [3.8, 4) is 11.8 Å². The van der Waals surface area contributed by atoms with Gasteiger partial charge in [0, 0.05) is 4.53 Å². The van der Waals surface area contributed by atoms with E-state index in [0.29, 0.717) is 15.9 Å². The van der Waals surface area contributed by atoms with Gasteiger partial charge in [-0.2, -0.15) is 0 Å². The fourth-order valence-electron chi connectivity index (χ4n) is 1.58. The van der Waals surface area contributed by atoms with E-state index in [4.69, 9.17) is 35.0 Å². The van der Waals surface area contributed by atoms with Gasteiger partial charge in [0.2, 0.25) is 0 Å². The molecule has 1 aromatic heterocycles. The molecule has 0 bridgehead atoms. The van der Waals surface area contributed by atoms with Crippen LogP contribution in [0.1, 0.15) is 11.3 Å². The molecule has 21 heavy (non-hydrogen) atoms. The van der Waals surface area contributed by atoms with Gasteiger partial charge in [-0.3, -0.25) is 4.98 Å². The van der Waals surface area contributed by atoms with Gasteiger partial charge in [-0.15, -0.1) is 11.3 Å². The van der Waals surface area contributed by atoms with Gasteiger partial charge in [-0.1, -0.05) is 23.2 Å². The second kappa shape index (κ2) is 6.15. The fourth-order valence-corrected chi connectivity index (χ4v) is 3.06. The largest absolute Gasteiger partial charge is 0.505 e. The summed E-state index contributed by atoms with van der Waals surface area (Å²) in [6.45, 7) is 8.72. The van der Waals surface area contributed by atoms with Crippen LogP contribution in [0.4, 0.5) is 0 Å². The van der Waals surface area contributed by atoms with E-state index in [-0.39, 0.29) is 21.5 Å². The molecule has 0 aliphatic rings. The van der Waals surface area contributed by atoms with Crippen LogP contribution in [-0.2, 0) is 0 Å². The molecule has 0 saturated carbocycles. The zero-order chi connectivity index (χ0) is 15.6. The number of aryl methyl sites for hydroxylation is 1. The van der Waals surface area contributed by atoms with Crippen LogP contribution in [0.15, 0.2) is 12.1 Å². The molecule has 0 fully saturated rings. The Balaban J connectivity index is 2.67. The Labute approximate surface area is 134 Å². The molecule has 7 heteroatoms. The molecule has 2 aromatic rings. The van der Waals surface area contributed by atoms with Crippen LogP contribution < -0.4 is 9.20 Å². The fraction of sp³-hybridized carbons (Fsp3) is 0.0714. The minimum atomic E-state index is -0.162. The van der Waals surface area contributed by atoms with Crippen LogP contribution in [0.25, 0.3) is 16.6 Å². The zero-order valence-corrected chi connectivity index (χ0v) is 13.0. The predicted octanol–water partition coefficient (Wildman–Crippen LogP) is 2.84. The molecule has 0 radical (unpaired) electrons. The first-order chi connectivity index (χ1) is 9.96. The van der Waals surface area contributed by atoms with Crippen molar-refractivity contribution in [2.24, 2.45) is 0 Å². The van der Waals surface area contributed by atoms with Gasteiger partial charge in [-0.25, -0.2) is 10.1 Å². The first kappa shape index (κ1) is 15.3. The van der Waals surface area contributed by atoms with Gasteiger partial charge in [0.25, 0.3) is 5.70 Å². The van der Waals surface area contributed by atoms with Crippen molar-refractivity contribution in [3.05, 3.63) is 54.0 Å². The maximum atomic E-state index is 9.53. The van der Waals surface area contributed by atoms with E-state index in [0.717, 1.165) is 4.53 Å². The minimum Gasteiger partial charge on any atom is -0.505 e. The van der Waals surface area contributed by atoms with Crippen molar-refractivity contribution in [2.75, 3.05) is 0 Å². The number of hydrogen-bond acceptors (Lipinski definition) is 4. The summed E-state index contributed by atoms with van der Waals surface area (Å²) in [5.41, 5.74) is 1.36. The van der Waals surface area contributed by atoms with Crippen LogP contribution in [0.2, 0.25) is 10.0 Å². The van der Waals surface area contributed by atoms with Crippen molar-refractivity contribution >= 4 is 46.3 Å². The zero-order valence-electron chi connectivity index (χ0n) is 10.7. The van der Waals surface area contributed by atoms with Crippen molar-refractivity contribution in [3.63, 3.8) is 0 Å². The van der Waals surface area contributed by atoms with Gasteiger partial charge in [-0.05, 0) is 30.7 Å². The molecule has 0 spiro atoms. The van der Waals surface area contributed by atoms with E-state index in [9.17, 15) is 5.11 Å². The molecule has 104 valence electrons. The number of nitriles is 1. The van der Waals surface area contributed by atoms with Crippen molar-refractivity contribution < 1.29 is 5.11 Å². The normalized spacial score (nSPS) is 12.7. The average Bonchev–Trinajstić information content (AvgIpc) is 2.78. The molecule has 0 aliphatic carbocycles.